The largest absolute Gasteiger partial charge is 0.395 e. The summed E-state index contributed by atoms with van der Waals surface area (Å²) in [4.78, 5) is 3.74. The van der Waals surface area contributed by atoms with Crippen LogP contribution in [0.2, 0.25) is 0 Å². The summed E-state index contributed by atoms with van der Waals surface area (Å²) in [5.74, 6) is -0.292. The molecule has 0 atom stereocenters. The number of aliphatic hydroxyl groups is 1. The zero-order chi connectivity index (χ0) is 10.6. The fraction of sp³-hybridized carbons (Fsp3) is 1.00. The van der Waals surface area contributed by atoms with Gasteiger partial charge in [-0.05, 0) is 0 Å². The Hall–Kier alpha value is -0.210. The molecule has 2 N–H and O–H groups in total. The van der Waals surface area contributed by atoms with Crippen molar-refractivity contribution >= 4 is 10.1 Å². The average molecular weight is 224 g/mol. The van der Waals surface area contributed by atoms with Gasteiger partial charge in [0.1, 0.15) is 5.88 Å². The van der Waals surface area contributed by atoms with E-state index in [-0.39, 0.29) is 12.5 Å². The lowest BCUT2D eigenvalue weighted by atomic mass is 10.3. The molecule has 0 unspecified atom stereocenters. The maximum Gasteiger partial charge on any atom is 0.278 e. The molecule has 6 nitrogen and oxygen atoms in total. The summed E-state index contributed by atoms with van der Waals surface area (Å²) in [7, 11) is -3.90. The van der Waals surface area contributed by atoms with Crippen LogP contribution in [0.3, 0.4) is 0 Å². The van der Waals surface area contributed by atoms with Crippen LogP contribution in [0.5, 0.6) is 0 Å². The third kappa shape index (κ3) is 4.34. The second-order valence-corrected chi connectivity index (χ2v) is 4.82. The summed E-state index contributed by atoms with van der Waals surface area (Å²) >= 11 is 0. The lowest BCUT2D eigenvalue weighted by Crippen LogP contribution is -2.48. The highest BCUT2D eigenvalue weighted by Crippen LogP contribution is 2.02. The van der Waals surface area contributed by atoms with Crippen LogP contribution in [0.1, 0.15) is 0 Å². The highest BCUT2D eigenvalue weighted by molar-refractivity contribution is 7.85. The zero-order valence-electron chi connectivity index (χ0n) is 7.96. The minimum Gasteiger partial charge on any atom is -0.395 e. The van der Waals surface area contributed by atoms with Crippen molar-refractivity contribution in [3.05, 3.63) is 0 Å². The van der Waals surface area contributed by atoms with E-state index < -0.39 is 10.1 Å². The lowest BCUT2D eigenvalue weighted by molar-refractivity contribution is 0.122. The lowest BCUT2D eigenvalue weighted by Gasteiger charge is -2.33. The van der Waals surface area contributed by atoms with Gasteiger partial charge in [0.2, 0.25) is 0 Å². The first-order valence-corrected chi connectivity index (χ1v) is 6.13. The quantitative estimate of drug-likeness (QED) is 0.562. The number of piperazine rings is 1. The Morgan fingerprint density at radius 1 is 1.07 bits per heavy atom. The van der Waals surface area contributed by atoms with Crippen LogP contribution in [0, 0.1) is 0 Å². The number of hydrogen-bond donors (Lipinski definition) is 2. The number of nitrogens with zero attached hydrogens (tertiary/aromatic N) is 2. The van der Waals surface area contributed by atoms with Crippen molar-refractivity contribution in [2.45, 2.75) is 0 Å². The van der Waals surface area contributed by atoms with Crippen molar-refractivity contribution < 1.29 is 18.1 Å². The van der Waals surface area contributed by atoms with Gasteiger partial charge in [0.05, 0.1) is 6.61 Å². The monoisotopic (exact) mass is 224 g/mol. The van der Waals surface area contributed by atoms with Crippen LogP contribution in [0.25, 0.3) is 0 Å². The second-order valence-electron chi connectivity index (χ2n) is 3.39. The zero-order valence-corrected chi connectivity index (χ0v) is 8.78. The van der Waals surface area contributed by atoms with E-state index in [0.29, 0.717) is 19.6 Å². The normalized spacial score (nSPS) is 21.3. The number of rotatable bonds is 4. The molecule has 14 heavy (non-hydrogen) atoms. The minimum atomic E-state index is -3.90. The van der Waals surface area contributed by atoms with Crippen molar-refractivity contribution in [3.63, 3.8) is 0 Å². The van der Waals surface area contributed by atoms with Crippen molar-refractivity contribution in [3.8, 4) is 0 Å². The van der Waals surface area contributed by atoms with E-state index in [1.807, 2.05) is 0 Å². The standard InChI is InChI=1S/C7H16N2O4S/c10-6-5-8-1-3-9(4-2-8)7-14(11,12)13/h10H,1-7H2,(H,11,12,13). The van der Waals surface area contributed by atoms with E-state index in [1.165, 1.54) is 0 Å². The number of aliphatic hydroxyl groups excluding tert-OH is 1. The molecule has 0 aromatic heterocycles. The first-order chi connectivity index (χ1) is 6.51. The Morgan fingerprint density at radius 2 is 1.57 bits per heavy atom. The average Bonchev–Trinajstić information content (AvgIpc) is 2.06. The van der Waals surface area contributed by atoms with Gasteiger partial charge in [0.25, 0.3) is 10.1 Å². The minimum absolute atomic E-state index is 0.123. The predicted molar refractivity (Wildman–Crippen MR) is 51.5 cm³/mol. The maximum atomic E-state index is 10.6. The molecule has 0 bridgehead atoms. The van der Waals surface area contributed by atoms with E-state index in [0.717, 1.165) is 13.1 Å². The van der Waals surface area contributed by atoms with E-state index >= 15 is 0 Å². The number of β-amino-alcohol motifs (C(OH)–C–C–N with tert-alkyl or cyclic N) is 1. The van der Waals surface area contributed by atoms with Gasteiger partial charge in [-0.15, -0.1) is 0 Å². The summed E-state index contributed by atoms with van der Waals surface area (Å²) in [6.07, 6.45) is 0. The molecule has 0 radical (unpaired) electrons. The van der Waals surface area contributed by atoms with Gasteiger partial charge in [-0.3, -0.25) is 14.4 Å². The van der Waals surface area contributed by atoms with Crippen molar-refractivity contribution in [2.24, 2.45) is 0 Å². The van der Waals surface area contributed by atoms with Crippen molar-refractivity contribution in [2.75, 3.05) is 45.2 Å². The summed E-state index contributed by atoms with van der Waals surface area (Å²) in [5.41, 5.74) is 0. The maximum absolute atomic E-state index is 10.6. The van der Waals surface area contributed by atoms with E-state index in [2.05, 4.69) is 4.90 Å². The molecule has 84 valence electrons. The molecule has 0 aromatic carbocycles. The summed E-state index contributed by atoms with van der Waals surface area (Å²) < 4.78 is 29.8. The second kappa shape index (κ2) is 5.04. The van der Waals surface area contributed by atoms with Crippen LogP contribution in [-0.4, -0.2) is 73.1 Å². The van der Waals surface area contributed by atoms with Crippen molar-refractivity contribution in [1.82, 2.24) is 9.80 Å². The van der Waals surface area contributed by atoms with Crippen molar-refractivity contribution in [1.29, 1.82) is 0 Å². The first kappa shape index (κ1) is 11.9. The molecule has 0 aromatic rings. The SMILES string of the molecule is O=S(=O)(O)CN1CCN(CCO)CC1. The molecule has 1 aliphatic rings. The van der Waals surface area contributed by atoms with Gasteiger partial charge in [-0.2, -0.15) is 8.42 Å². The van der Waals surface area contributed by atoms with E-state index in [4.69, 9.17) is 9.66 Å². The van der Waals surface area contributed by atoms with Gasteiger partial charge in [0, 0.05) is 32.7 Å². The molecule has 1 aliphatic heterocycles. The fourth-order valence-electron chi connectivity index (χ4n) is 1.51. The highest BCUT2D eigenvalue weighted by atomic mass is 32.2. The molecule has 0 amide bonds. The Balaban J connectivity index is 2.29. The van der Waals surface area contributed by atoms with E-state index in [1.54, 1.807) is 4.90 Å². The smallest absolute Gasteiger partial charge is 0.278 e. The molecule has 0 saturated carbocycles. The van der Waals surface area contributed by atoms with Crippen LogP contribution in [-0.2, 0) is 10.1 Å². The molecule has 1 heterocycles. The van der Waals surface area contributed by atoms with Crippen LogP contribution in [0.4, 0.5) is 0 Å². The van der Waals surface area contributed by atoms with Gasteiger partial charge in [-0.25, -0.2) is 0 Å². The predicted octanol–water partition coefficient (Wildman–Crippen LogP) is -1.56. The third-order valence-electron chi connectivity index (χ3n) is 2.23. The Morgan fingerprint density at radius 3 is 2.00 bits per heavy atom. The summed E-state index contributed by atoms with van der Waals surface area (Å²) in [6.45, 7) is 3.43. The Kier molecular flexibility index (Phi) is 4.27. The van der Waals surface area contributed by atoms with Crippen LogP contribution < -0.4 is 0 Å². The molecular formula is C7H16N2O4S. The summed E-state index contributed by atoms with van der Waals surface area (Å²) in [5, 5.41) is 8.68. The molecule has 7 heteroatoms. The molecule has 0 aliphatic carbocycles. The van der Waals surface area contributed by atoms with E-state index in [9.17, 15) is 8.42 Å². The first-order valence-electron chi connectivity index (χ1n) is 4.52. The van der Waals surface area contributed by atoms with Gasteiger partial charge >= 0.3 is 0 Å². The molecule has 1 fully saturated rings. The van der Waals surface area contributed by atoms with Gasteiger partial charge < -0.3 is 5.11 Å². The van der Waals surface area contributed by atoms with Gasteiger partial charge in [0.15, 0.2) is 0 Å². The molecule has 1 saturated heterocycles. The van der Waals surface area contributed by atoms with Gasteiger partial charge in [-0.1, -0.05) is 0 Å². The number of hydrogen-bond acceptors (Lipinski definition) is 5. The van der Waals surface area contributed by atoms with Crippen LogP contribution >= 0.6 is 0 Å². The third-order valence-corrected chi connectivity index (χ3v) is 2.92. The highest BCUT2D eigenvalue weighted by Gasteiger charge is 2.19. The Labute approximate surface area is 83.9 Å². The van der Waals surface area contributed by atoms with Crippen LogP contribution in [0.15, 0.2) is 0 Å². The summed E-state index contributed by atoms with van der Waals surface area (Å²) in [6, 6.07) is 0. The molecular weight excluding hydrogens is 208 g/mol. The Bertz CT molecular complexity index is 259. The molecule has 1 rings (SSSR count). The molecule has 0 spiro atoms. The topological polar surface area (TPSA) is 81.1 Å². The fourth-order valence-corrected chi connectivity index (χ4v) is 2.23.